The molecule has 2 amide bonds. The van der Waals surface area contributed by atoms with Crippen LogP contribution in [-0.2, 0) is 11.8 Å². The fraction of sp³-hybridized carbons (Fsp3) is 0.429. The van der Waals surface area contributed by atoms with E-state index in [2.05, 4.69) is 17.2 Å². The van der Waals surface area contributed by atoms with Gasteiger partial charge in [-0.2, -0.15) is 0 Å². The van der Waals surface area contributed by atoms with E-state index < -0.39 is 0 Å². The Hall–Kier alpha value is -2.22. The number of amides is 2. The summed E-state index contributed by atoms with van der Waals surface area (Å²) in [5.74, 6) is 4.73. The Morgan fingerprint density at radius 2 is 2.26 bits per heavy atom. The first-order valence-electron chi connectivity index (χ1n) is 6.25. The van der Waals surface area contributed by atoms with Gasteiger partial charge < -0.3 is 14.8 Å². The van der Waals surface area contributed by atoms with Crippen LogP contribution in [-0.4, -0.2) is 40.4 Å². The van der Waals surface area contributed by atoms with Crippen molar-refractivity contribution in [1.82, 2.24) is 14.8 Å². The van der Waals surface area contributed by atoms with E-state index in [-0.39, 0.29) is 17.9 Å². The topological polar surface area (TPSA) is 54.3 Å². The lowest BCUT2D eigenvalue weighted by atomic mass is 10.2. The molecule has 1 N–H and O–H groups in total. The molecule has 5 heteroatoms. The van der Waals surface area contributed by atoms with Crippen molar-refractivity contribution in [2.24, 2.45) is 7.05 Å². The van der Waals surface area contributed by atoms with Crippen LogP contribution in [0.2, 0.25) is 0 Å². The smallest absolute Gasteiger partial charge is 0.296 e. The van der Waals surface area contributed by atoms with Gasteiger partial charge in [0.25, 0.3) is 11.8 Å². The molecule has 1 atom stereocenters. The predicted molar refractivity (Wildman–Crippen MR) is 71.3 cm³/mol. The Bertz CT molecular complexity index is 551. The van der Waals surface area contributed by atoms with E-state index in [1.165, 1.54) is 0 Å². The van der Waals surface area contributed by atoms with Crippen LogP contribution in [0.4, 0.5) is 0 Å². The zero-order valence-electron chi connectivity index (χ0n) is 11.1. The molecule has 5 nitrogen and oxygen atoms in total. The molecule has 0 radical (unpaired) electrons. The van der Waals surface area contributed by atoms with Gasteiger partial charge in [0.2, 0.25) is 0 Å². The predicted octanol–water partition coefficient (Wildman–Crippen LogP) is 0.379. The average Bonchev–Trinajstić information content (AvgIpc) is 2.98. The molecule has 1 aliphatic rings. The maximum atomic E-state index is 12.3. The van der Waals surface area contributed by atoms with E-state index in [0.717, 1.165) is 6.42 Å². The first kappa shape index (κ1) is 13.2. The number of rotatable bonds is 2. The third-order valence-corrected chi connectivity index (χ3v) is 3.21. The van der Waals surface area contributed by atoms with Gasteiger partial charge in [-0.3, -0.25) is 9.59 Å². The van der Waals surface area contributed by atoms with Gasteiger partial charge in [-0.25, -0.2) is 0 Å². The normalized spacial score (nSPS) is 17.8. The van der Waals surface area contributed by atoms with Crippen LogP contribution in [0, 0.1) is 11.8 Å². The zero-order chi connectivity index (χ0) is 13.8. The summed E-state index contributed by atoms with van der Waals surface area (Å²) in [7, 11) is 1.85. The van der Waals surface area contributed by atoms with Crippen LogP contribution >= 0.6 is 0 Å². The molecular formula is C14H17N3O2. The van der Waals surface area contributed by atoms with Crippen LogP contribution in [0.3, 0.4) is 0 Å². The van der Waals surface area contributed by atoms with Gasteiger partial charge in [-0.1, -0.05) is 5.92 Å². The second-order valence-corrected chi connectivity index (χ2v) is 4.59. The molecule has 19 heavy (non-hydrogen) atoms. The molecule has 100 valence electrons. The van der Waals surface area contributed by atoms with E-state index in [4.69, 9.17) is 0 Å². The summed E-state index contributed by atoms with van der Waals surface area (Å²) in [5.41, 5.74) is 0.667. The second kappa shape index (κ2) is 5.61. The van der Waals surface area contributed by atoms with Crippen molar-refractivity contribution in [1.29, 1.82) is 0 Å². The highest BCUT2D eigenvalue weighted by atomic mass is 16.2. The molecule has 0 aromatic carbocycles. The molecule has 1 aliphatic heterocycles. The van der Waals surface area contributed by atoms with Gasteiger partial charge in [-0.15, -0.1) is 0 Å². The summed E-state index contributed by atoms with van der Waals surface area (Å²) in [6.45, 7) is 2.83. The minimum absolute atomic E-state index is 0.00225. The van der Waals surface area contributed by atoms with Crippen LogP contribution in [0.25, 0.3) is 0 Å². The standard InChI is InChI=1S/C14H17N3O2/c1-3-5-13(18)15-11-7-9-17(10-11)14(19)12-6-4-8-16(12)2/h4,6,8,11H,7,9-10H2,1-2H3,(H,15,18). The number of aromatic nitrogens is 1. The number of carbonyl (C=O) groups excluding carboxylic acids is 2. The molecule has 1 aromatic rings. The molecule has 1 aromatic heterocycles. The molecule has 1 unspecified atom stereocenters. The Kier molecular flexibility index (Phi) is 3.91. The van der Waals surface area contributed by atoms with Gasteiger partial charge in [0, 0.05) is 32.4 Å². The Balaban J connectivity index is 1.95. The highest BCUT2D eigenvalue weighted by Gasteiger charge is 2.28. The lowest BCUT2D eigenvalue weighted by Gasteiger charge is -2.17. The van der Waals surface area contributed by atoms with E-state index >= 15 is 0 Å². The zero-order valence-corrected chi connectivity index (χ0v) is 11.1. The van der Waals surface area contributed by atoms with Crippen molar-refractivity contribution < 1.29 is 9.59 Å². The molecule has 1 fully saturated rings. The molecule has 1 saturated heterocycles. The van der Waals surface area contributed by atoms with Gasteiger partial charge in [-0.05, 0) is 31.4 Å². The lowest BCUT2D eigenvalue weighted by molar-refractivity contribution is -0.116. The second-order valence-electron chi connectivity index (χ2n) is 4.59. The number of aryl methyl sites for hydroxylation is 1. The SMILES string of the molecule is CC#CC(=O)NC1CCN(C(=O)c2cccn2C)C1. The fourth-order valence-electron chi connectivity index (χ4n) is 2.24. The Morgan fingerprint density at radius 1 is 1.47 bits per heavy atom. The largest absolute Gasteiger partial charge is 0.347 e. The number of hydrogen-bond acceptors (Lipinski definition) is 2. The van der Waals surface area contributed by atoms with Crippen molar-refractivity contribution in [3.05, 3.63) is 24.0 Å². The summed E-state index contributed by atoms with van der Waals surface area (Å²) in [5, 5.41) is 2.81. The summed E-state index contributed by atoms with van der Waals surface area (Å²) >= 11 is 0. The highest BCUT2D eigenvalue weighted by Crippen LogP contribution is 2.13. The Morgan fingerprint density at radius 3 is 2.89 bits per heavy atom. The minimum Gasteiger partial charge on any atom is -0.347 e. The van der Waals surface area contributed by atoms with Gasteiger partial charge >= 0.3 is 0 Å². The molecule has 0 bridgehead atoms. The van der Waals surface area contributed by atoms with Gasteiger partial charge in [0.1, 0.15) is 5.69 Å². The molecule has 0 spiro atoms. The summed E-state index contributed by atoms with van der Waals surface area (Å²) in [6, 6.07) is 3.65. The third-order valence-electron chi connectivity index (χ3n) is 3.21. The third kappa shape index (κ3) is 2.97. The fourth-order valence-corrected chi connectivity index (χ4v) is 2.24. The molecular weight excluding hydrogens is 242 g/mol. The Labute approximate surface area is 112 Å². The monoisotopic (exact) mass is 259 g/mol. The van der Waals surface area contributed by atoms with E-state index in [1.54, 1.807) is 22.5 Å². The van der Waals surface area contributed by atoms with Crippen molar-refractivity contribution in [2.75, 3.05) is 13.1 Å². The summed E-state index contributed by atoms with van der Waals surface area (Å²) < 4.78 is 1.80. The van der Waals surface area contributed by atoms with Crippen molar-refractivity contribution in [2.45, 2.75) is 19.4 Å². The average molecular weight is 259 g/mol. The van der Waals surface area contributed by atoms with Crippen LogP contribution in [0.1, 0.15) is 23.8 Å². The van der Waals surface area contributed by atoms with Crippen LogP contribution < -0.4 is 5.32 Å². The van der Waals surface area contributed by atoms with Crippen LogP contribution in [0.15, 0.2) is 18.3 Å². The highest BCUT2D eigenvalue weighted by molar-refractivity contribution is 5.94. The number of likely N-dealkylation sites (tertiary alicyclic amines) is 1. The maximum Gasteiger partial charge on any atom is 0.296 e. The molecule has 0 aliphatic carbocycles. The van der Waals surface area contributed by atoms with E-state index in [9.17, 15) is 9.59 Å². The van der Waals surface area contributed by atoms with Crippen molar-refractivity contribution >= 4 is 11.8 Å². The first-order chi connectivity index (χ1) is 9.11. The minimum atomic E-state index is -0.277. The molecule has 2 rings (SSSR count). The van der Waals surface area contributed by atoms with Gasteiger partial charge in [0.15, 0.2) is 0 Å². The molecule has 2 heterocycles. The number of nitrogens with one attached hydrogen (secondary N) is 1. The van der Waals surface area contributed by atoms with E-state index in [0.29, 0.717) is 18.8 Å². The summed E-state index contributed by atoms with van der Waals surface area (Å²) in [4.78, 5) is 25.4. The van der Waals surface area contributed by atoms with Gasteiger partial charge in [0.05, 0.1) is 0 Å². The number of carbonyl (C=O) groups is 2. The first-order valence-corrected chi connectivity index (χ1v) is 6.25. The quantitative estimate of drug-likeness (QED) is 0.781. The molecule has 0 saturated carbocycles. The number of hydrogen-bond donors (Lipinski definition) is 1. The van der Waals surface area contributed by atoms with E-state index in [1.807, 2.05) is 19.3 Å². The van der Waals surface area contributed by atoms with Crippen molar-refractivity contribution in [3.8, 4) is 11.8 Å². The van der Waals surface area contributed by atoms with Crippen molar-refractivity contribution in [3.63, 3.8) is 0 Å². The number of nitrogens with zero attached hydrogens (tertiary/aromatic N) is 2. The van der Waals surface area contributed by atoms with Crippen LogP contribution in [0.5, 0.6) is 0 Å². The lowest BCUT2D eigenvalue weighted by Crippen LogP contribution is -2.38. The maximum absolute atomic E-state index is 12.3. The summed E-state index contributed by atoms with van der Waals surface area (Å²) in [6.07, 6.45) is 2.62.